The molecule has 2 aromatic carbocycles. The van der Waals surface area contributed by atoms with Gasteiger partial charge >= 0.3 is 0 Å². The van der Waals surface area contributed by atoms with E-state index in [1.807, 2.05) is 5.32 Å². The molecule has 3 nitrogen and oxygen atoms in total. The fourth-order valence-electron chi connectivity index (χ4n) is 2.02. The van der Waals surface area contributed by atoms with Gasteiger partial charge in [-0.05, 0) is 29.8 Å². The number of amides is 1. The highest BCUT2D eigenvalue weighted by Gasteiger charge is 2.40. The maximum Gasteiger partial charge on any atom is 0.294 e. The number of halogens is 6. The predicted molar refractivity (Wildman–Crippen MR) is 90.1 cm³/mol. The van der Waals surface area contributed by atoms with Crippen molar-refractivity contribution in [3.05, 3.63) is 68.4 Å². The lowest BCUT2D eigenvalue weighted by Crippen LogP contribution is -2.41. The van der Waals surface area contributed by atoms with Crippen LogP contribution in [0.25, 0.3) is 0 Å². The minimum atomic E-state index is -3.75. The van der Waals surface area contributed by atoms with Crippen LogP contribution in [-0.4, -0.2) is 23.5 Å². The van der Waals surface area contributed by atoms with Gasteiger partial charge in [0.05, 0.1) is 27.2 Å². The molecule has 134 valence electrons. The average molecular weight is 413 g/mol. The Labute approximate surface area is 156 Å². The van der Waals surface area contributed by atoms with Crippen molar-refractivity contribution in [1.29, 1.82) is 0 Å². The van der Waals surface area contributed by atoms with Gasteiger partial charge in [-0.3, -0.25) is 4.79 Å². The zero-order valence-electron chi connectivity index (χ0n) is 12.4. The molecule has 1 amide bonds. The molecule has 0 heterocycles. The molecule has 25 heavy (non-hydrogen) atoms. The molecule has 0 aliphatic rings. The number of carbonyl (C=O) groups is 1. The minimum absolute atomic E-state index is 0.00353. The second-order valence-electron chi connectivity index (χ2n) is 5.12. The Morgan fingerprint density at radius 3 is 2.40 bits per heavy atom. The molecular formula is C16H11Cl3F3NO2. The lowest BCUT2D eigenvalue weighted by atomic mass is 10.0. The molecule has 0 aromatic heterocycles. The maximum atomic E-state index is 14.1. The van der Waals surface area contributed by atoms with E-state index in [2.05, 4.69) is 0 Å². The van der Waals surface area contributed by atoms with E-state index in [1.165, 1.54) is 24.3 Å². The Bertz CT molecular complexity index is 782. The molecule has 0 radical (unpaired) electrons. The zero-order valence-corrected chi connectivity index (χ0v) is 14.6. The van der Waals surface area contributed by atoms with Crippen LogP contribution in [0.5, 0.6) is 0 Å². The van der Waals surface area contributed by atoms with Gasteiger partial charge in [-0.25, -0.2) is 13.2 Å². The first-order chi connectivity index (χ1) is 11.6. The number of aliphatic hydroxyl groups is 1. The Kier molecular flexibility index (Phi) is 6.21. The van der Waals surface area contributed by atoms with Crippen molar-refractivity contribution >= 4 is 40.7 Å². The lowest BCUT2D eigenvalue weighted by molar-refractivity contribution is -0.106. The van der Waals surface area contributed by atoms with Crippen LogP contribution in [0.3, 0.4) is 0 Å². The molecule has 0 bridgehead atoms. The number of alkyl halides is 2. The van der Waals surface area contributed by atoms with Crippen LogP contribution < -0.4 is 5.32 Å². The van der Waals surface area contributed by atoms with Crippen LogP contribution in [0, 0.1) is 5.82 Å². The molecule has 0 saturated carbocycles. The quantitative estimate of drug-likeness (QED) is 0.735. The van der Waals surface area contributed by atoms with Crippen LogP contribution >= 0.6 is 34.8 Å². The second-order valence-corrected chi connectivity index (χ2v) is 6.34. The predicted octanol–water partition coefficient (Wildman–Crippen LogP) is 4.88. The first-order valence-corrected chi connectivity index (χ1v) is 8.00. The molecule has 0 spiro atoms. The van der Waals surface area contributed by atoms with Gasteiger partial charge in [0.2, 0.25) is 0 Å². The van der Waals surface area contributed by atoms with Crippen molar-refractivity contribution in [3.8, 4) is 0 Å². The molecule has 9 heteroatoms. The first-order valence-electron chi connectivity index (χ1n) is 6.86. The molecule has 2 N–H and O–H groups in total. The van der Waals surface area contributed by atoms with Crippen LogP contribution in [-0.2, 0) is 0 Å². The Morgan fingerprint density at radius 2 is 1.80 bits per heavy atom. The summed E-state index contributed by atoms with van der Waals surface area (Å²) in [6, 6.07) is 7.04. The summed E-state index contributed by atoms with van der Waals surface area (Å²) in [4.78, 5) is 11.9. The molecule has 2 aromatic rings. The van der Waals surface area contributed by atoms with Gasteiger partial charge in [0.15, 0.2) is 0 Å². The molecule has 1 atom stereocenters. The van der Waals surface area contributed by atoms with Crippen molar-refractivity contribution in [3.63, 3.8) is 0 Å². The first kappa shape index (κ1) is 19.8. The van der Waals surface area contributed by atoms with E-state index in [1.54, 1.807) is 0 Å². The number of aliphatic hydroxyl groups excluding tert-OH is 1. The van der Waals surface area contributed by atoms with Gasteiger partial charge in [0, 0.05) is 0 Å². The van der Waals surface area contributed by atoms with Gasteiger partial charge in [-0.1, -0.05) is 46.9 Å². The van der Waals surface area contributed by atoms with Gasteiger partial charge in [-0.2, -0.15) is 0 Å². The summed E-state index contributed by atoms with van der Waals surface area (Å²) in [5.74, 6) is -5.81. The van der Waals surface area contributed by atoms with E-state index in [9.17, 15) is 23.1 Å². The fourth-order valence-corrected chi connectivity index (χ4v) is 2.58. The summed E-state index contributed by atoms with van der Waals surface area (Å²) >= 11 is 17.1. The molecule has 1 unspecified atom stereocenters. The highest BCUT2D eigenvalue weighted by atomic mass is 35.5. The highest BCUT2D eigenvalue weighted by Crippen LogP contribution is 2.34. The lowest BCUT2D eigenvalue weighted by Gasteiger charge is -2.23. The second kappa shape index (κ2) is 7.83. The molecule has 2 rings (SSSR count). The largest absolute Gasteiger partial charge is 0.382 e. The van der Waals surface area contributed by atoms with Crippen LogP contribution in [0.15, 0.2) is 36.4 Å². The summed E-state index contributed by atoms with van der Waals surface area (Å²) in [5, 5.41) is 11.6. The number of carbonyl (C=O) groups excluding carboxylic acids is 1. The van der Waals surface area contributed by atoms with Gasteiger partial charge in [0.25, 0.3) is 11.8 Å². The summed E-state index contributed by atoms with van der Waals surface area (Å²) in [7, 11) is 0. The highest BCUT2D eigenvalue weighted by molar-refractivity contribution is 6.42. The van der Waals surface area contributed by atoms with Crippen molar-refractivity contribution in [1.82, 2.24) is 5.32 Å². The van der Waals surface area contributed by atoms with Gasteiger partial charge in [0.1, 0.15) is 11.9 Å². The maximum absolute atomic E-state index is 14.1. The van der Waals surface area contributed by atoms with E-state index in [-0.39, 0.29) is 20.6 Å². The van der Waals surface area contributed by atoms with E-state index < -0.39 is 35.9 Å². The molecule has 0 fully saturated rings. The van der Waals surface area contributed by atoms with Gasteiger partial charge < -0.3 is 10.4 Å². The SMILES string of the molecule is O=C(NCC(F)(F)C(O)c1ccc(Cl)c(Cl)c1)c1c(F)cccc1Cl. The number of rotatable bonds is 5. The van der Waals surface area contributed by atoms with Crippen molar-refractivity contribution in [2.45, 2.75) is 12.0 Å². The van der Waals surface area contributed by atoms with Crippen LogP contribution in [0.1, 0.15) is 22.0 Å². The van der Waals surface area contributed by atoms with E-state index in [0.29, 0.717) is 0 Å². The number of benzene rings is 2. The Balaban J connectivity index is 2.12. The Morgan fingerprint density at radius 1 is 1.12 bits per heavy atom. The zero-order chi connectivity index (χ0) is 18.8. The number of hydrogen-bond donors (Lipinski definition) is 2. The van der Waals surface area contributed by atoms with Crippen molar-refractivity contribution < 1.29 is 23.1 Å². The van der Waals surface area contributed by atoms with Gasteiger partial charge in [-0.15, -0.1) is 0 Å². The smallest absolute Gasteiger partial charge is 0.294 e. The normalized spacial score (nSPS) is 12.8. The summed E-state index contributed by atoms with van der Waals surface area (Å²) in [6.07, 6.45) is -2.25. The minimum Gasteiger partial charge on any atom is -0.382 e. The summed E-state index contributed by atoms with van der Waals surface area (Å²) in [5.41, 5.74) is -0.735. The topological polar surface area (TPSA) is 49.3 Å². The molecular weight excluding hydrogens is 402 g/mol. The third-order valence-electron chi connectivity index (χ3n) is 3.33. The van der Waals surface area contributed by atoms with E-state index in [0.717, 1.165) is 12.1 Å². The third kappa shape index (κ3) is 4.58. The monoisotopic (exact) mass is 411 g/mol. The number of hydrogen-bond acceptors (Lipinski definition) is 2. The van der Waals surface area contributed by atoms with E-state index >= 15 is 0 Å². The average Bonchev–Trinajstić information content (AvgIpc) is 2.54. The summed E-state index contributed by atoms with van der Waals surface area (Å²) < 4.78 is 41.9. The standard InChI is InChI=1S/C16H11Cl3F3NO2/c17-9-5-4-8(6-11(9)19)14(24)16(21,22)7-23-15(25)13-10(18)2-1-3-12(13)20/h1-6,14,24H,7H2,(H,23,25). The Hall–Kier alpha value is -1.47. The van der Waals surface area contributed by atoms with Crippen molar-refractivity contribution in [2.24, 2.45) is 0 Å². The number of nitrogens with one attached hydrogen (secondary N) is 1. The van der Waals surface area contributed by atoms with Crippen molar-refractivity contribution in [2.75, 3.05) is 6.54 Å². The molecule has 0 saturated heterocycles. The van der Waals surface area contributed by atoms with E-state index in [4.69, 9.17) is 34.8 Å². The summed E-state index contributed by atoms with van der Waals surface area (Å²) in [6.45, 7) is -1.24. The molecule has 0 aliphatic carbocycles. The fraction of sp³-hybridized carbons (Fsp3) is 0.188. The third-order valence-corrected chi connectivity index (χ3v) is 4.39. The van der Waals surface area contributed by atoms with Crippen LogP contribution in [0.2, 0.25) is 15.1 Å². The van der Waals surface area contributed by atoms with Crippen LogP contribution in [0.4, 0.5) is 13.2 Å². The molecule has 0 aliphatic heterocycles.